The van der Waals surface area contributed by atoms with Gasteiger partial charge in [-0.1, -0.05) is 24.6 Å². The molecule has 0 aliphatic heterocycles. The van der Waals surface area contributed by atoms with Crippen molar-refractivity contribution in [3.63, 3.8) is 0 Å². The van der Waals surface area contributed by atoms with Crippen LogP contribution >= 0.6 is 0 Å². The van der Waals surface area contributed by atoms with Crippen molar-refractivity contribution in [1.29, 1.82) is 5.41 Å². The highest BCUT2D eigenvalue weighted by molar-refractivity contribution is 5.62. The minimum Gasteiger partial charge on any atom is -0.312 e. The van der Waals surface area contributed by atoms with Crippen LogP contribution in [0.2, 0.25) is 0 Å². The van der Waals surface area contributed by atoms with Gasteiger partial charge in [-0.05, 0) is 32.4 Å². The normalized spacial score (nSPS) is 12.4. The number of hydrogen-bond acceptors (Lipinski definition) is 3. The molecule has 4 heteroatoms. The molecular weight excluding hydrogens is 224 g/mol. The highest BCUT2D eigenvalue weighted by Gasteiger charge is 2.15. The molecule has 0 fully saturated rings. The summed E-state index contributed by atoms with van der Waals surface area (Å²) in [6.45, 7) is 7.97. The van der Waals surface area contributed by atoms with E-state index in [0.29, 0.717) is 0 Å². The van der Waals surface area contributed by atoms with Crippen LogP contribution in [0, 0.1) is 26.2 Å². The van der Waals surface area contributed by atoms with E-state index < -0.39 is 0 Å². The second-order valence-corrected chi connectivity index (χ2v) is 4.67. The topological polar surface area (TPSA) is 54.6 Å². The van der Waals surface area contributed by atoms with Gasteiger partial charge in [-0.15, -0.1) is 0 Å². The van der Waals surface area contributed by atoms with Crippen molar-refractivity contribution in [1.82, 2.24) is 14.8 Å². The van der Waals surface area contributed by atoms with Crippen LogP contribution in [0.3, 0.4) is 0 Å². The Morgan fingerprint density at radius 1 is 1.28 bits per heavy atom. The fraction of sp³-hybridized carbons (Fsp3) is 0.357. The van der Waals surface area contributed by atoms with Crippen molar-refractivity contribution in [3.05, 3.63) is 41.0 Å². The van der Waals surface area contributed by atoms with E-state index in [1.165, 1.54) is 17.3 Å². The lowest BCUT2D eigenvalue weighted by atomic mass is 10.1. The molecule has 1 atom stereocenters. The number of aromatic nitrogens is 3. The molecule has 0 spiro atoms. The van der Waals surface area contributed by atoms with Gasteiger partial charge in [-0.2, -0.15) is 5.10 Å². The lowest BCUT2D eigenvalue weighted by molar-refractivity contribution is 0.771. The van der Waals surface area contributed by atoms with E-state index in [-0.39, 0.29) is 5.92 Å². The number of nitrogens with one attached hydrogen (secondary N) is 1. The minimum absolute atomic E-state index is 0.0353. The van der Waals surface area contributed by atoms with Gasteiger partial charge in [0.2, 0.25) is 0 Å². The van der Waals surface area contributed by atoms with E-state index in [0.717, 1.165) is 17.3 Å². The van der Waals surface area contributed by atoms with Gasteiger partial charge in [0, 0.05) is 6.21 Å². The number of benzene rings is 1. The monoisotopic (exact) mass is 242 g/mol. The van der Waals surface area contributed by atoms with Gasteiger partial charge in [0.25, 0.3) is 0 Å². The van der Waals surface area contributed by atoms with Crippen molar-refractivity contribution in [2.75, 3.05) is 0 Å². The molecule has 0 amide bonds. The van der Waals surface area contributed by atoms with E-state index in [1.54, 1.807) is 0 Å². The summed E-state index contributed by atoms with van der Waals surface area (Å²) in [5, 5.41) is 11.8. The van der Waals surface area contributed by atoms with Crippen molar-refractivity contribution in [3.8, 4) is 5.69 Å². The third-order valence-electron chi connectivity index (χ3n) is 2.98. The van der Waals surface area contributed by atoms with E-state index in [4.69, 9.17) is 5.41 Å². The van der Waals surface area contributed by atoms with E-state index in [2.05, 4.69) is 42.1 Å². The third kappa shape index (κ3) is 2.18. The Hall–Kier alpha value is -1.97. The third-order valence-corrected chi connectivity index (χ3v) is 2.98. The Kier molecular flexibility index (Phi) is 3.28. The van der Waals surface area contributed by atoms with Gasteiger partial charge in [0.1, 0.15) is 11.6 Å². The van der Waals surface area contributed by atoms with Gasteiger partial charge in [0.05, 0.1) is 11.6 Å². The van der Waals surface area contributed by atoms with Crippen molar-refractivity contribution < 1.29 is 0 Å². The Morgan fingerprint density at radius 3 is 2.61 bits per heavy atom. The fourth-order valence-corrected chi connectivity index (χ4v) is 2.02. The van der Waals surface area contributed by atoms with E-state index in [9.17, 15) is 0 Å². The molecule has 0 aliphatic rings. The summed E-state index contributed by atoms with van der Waals surface area (Å²) in [4.78, 5) is 4.42. The lowest BCUT2D eigenvalue weighted by Gasteiger charge is -2.11. The smallest absolute Gasteiger partial charge is 0.148 e. The molecular formula is C14H18N4. The molecule has 0 saturated heterocycles. The van der Waals surface area contributed by atoms with Crippen molar-refractivity contribution in [2.45, 2.75) is 33.6 Å². The highest BCUT2D eigenvalue weighted by Crippen LogP contribution is 2.20. The molecule has 0 saturated carbocycles. The van der Waals surface area contributed by atoms with Crippen LogP contribution in [-0.2, 0) is 0 Å². The Labute approximate surface area is 107 Å². The molecule has 1 heterocycles. The van der Waals surface area contributed by atoms with Crippen LogP contribution in [0.15, 0.2) is 18.2 Å². The highest BCUT2D eigenvalue weighted by atomic mass is 15.4. The van der Waals surface area contributed by atoms with E-state index in [1.807, 2.05) is 18.5 Å². The minimum atomic E-state index is -0.0353. The molecule has 94 valence electrons. The van der Waals surface area contributed by atoms with Gasteiger partial charge < -0.3 is 5.41 Å². The van der Waals surface area contributed by atoms with Gasteiger partial charge in [-0.25, -0.2) is 9.67 Å². The predicted octanol–water partition coefficient (Wildman–Crippen LogP) is 2.95. The second-order valence-electron chi connectivity index (χ2n) is 4.67. The molecule has 1 aromatic carbocycles. The summed E-state index contributed by atoms with van der Waals surface area (Å²) in [5.41, 5.74) is 3.43. The molecule has 2 aromatic rings. The number of nitrogens with zero attached hydrogens (tertiary/aromatic N) is 3. The molecule has 18 heavy (non-hydrogen) atoms. The quantitative estimate of drug-likeness (QED) is 0.841. The van der Waals surface area contributed by atoms with Crippen LogP contribution in [0.1, 0.15) is 35.6 Å². The molecule has 0 bridgehead atoms. The molecule has 4 nitrogen and oxygen atoms in total. The molecule has 0 aliphatic carbocycles. The number of rotatable bonds is 3. The first-order valence-corrected chi connectivity index (χ1v) is 6.04. The average Bonchev–Trinajstić information content (AvgIpc) is 2.70. The summed E-state index contributed by atoms with van der Waals surface area (Å²) in [5.74, 6) is 1.51. The Balaban J connectivity index is 2.59. The first kappa shape index (κ1) is 12.5. The molecule has 1 N–H and O–H groups in total. The van der Waals surface area contributed by atoms with Crippen LogP contribution < -0.4 is 0 Å². The maximum atomic E-state index is 7.40. The zero-order chi connectivity index (χ0) is 13.3. The maximum Gasteiger partial charge on any atom is 0.148 e. The van der Waals surface area contributed by atoms with Crippen LogP contribution in [0.5, 0.6) is 0 Å². The van der Waals surface area contributed by atoms with Crippen LogP contribution in [-0.4, -0.2) is 21.0 Å². The van der Waals surface area contributed by atoms with Gasteiger partial charge in [-0.3, -0.25) is 0 Å². The van der Waals surface area contributed by atoms with E-state index >= 15 is 0 Å². The van der Waals surface area contributed by atoms with Crippen LogP contribution in [0.4, 0.5) is 0 Å². The summed E-state index contributed by atoms with van der Waals surface area (Å²) < 4.78 is 1.85. The summed E-state index contributed by atoms with van der Waals surface area (Å²) in [7, 11) is 0. The predicted molar refractivity (Wildman–Crippen MR) is 72.8 cm³/mol. The van der Waals surface area contributed by atoms with Crippen molar-refractivity contribution >= 4 is 6.21 Å². The van der Waals surface area contributed by atoms with Gasteiger partial charge >= 0.3 is 0 Å². The number of aryl methyl sites for hydroxylation is 3. The molecule has 2 rings (SSSR count). The SMILES string of the molecule is Cc1ccc(-n2nc(C)nc2C(C)C=N)c(C)c1. The largest absolute Gasteiger partial charge is 0.312 e. The second kappa shape index (κ2) is 4.72. The Morgan fingerprint density at radius 2 is 2.00 bits per heavy atom. The standard InChI is InChI=1S/C14H18N4/c1-9-5-6-13(10(2)7-9)18-14(11(3)8-15)16-12(4)17-18/h5-8,11,15H,1-4H3. The summed E-state index contributed by atoms with van der Waals surface area (Å²) in [6, 6.07) is 6.25. The van der Waals surface area contributed by atoms with Crippen molar-refractivity contribution in [2.24, 2.45) is 0 Å². The summed E-state index contributed by atoms with van der Waals surface area (Å²) in [6.07, 6.45) is 1.39. The zero-order valence-electron chi connectivity index (χ0n) is 11.2. The average molecular weight is 242 g/mol. The molecule has 0 radical (unpaired) electrons. The summed E-state index contributed by atoms with van der Waals surface area (Å²) >= 11 is 0. The first-order valence-electron chi connectivity index (χ1n) is 6.04. The first-order chi connectivity index (χ1) is 8.52. The number of hydrogen-bond donors (Lipinski definition) is 1. The zero-order valence-corrected chi connectivity index (χ0v) is 11.2. The lowest BCUT2D eigenvalue weighted by Crippen LogP contribution is -2.08. The van der Waals surface area contributed by atoms with Gasteiger partial charge in [0.15, 0.2) is 0 Å². The molecule has 1 aromatic heterocycles. The molecule has 1 unspecified atom stereocenters. The maximum absolute atomic E-state index is 7.40. The fourth-order valence-electron chi connectivity index (χ4n) is 2.02. The Bertz CT molecular complexity index is 583. The van der Waals surface area contributed by atoms with Crippen LogP contribution in [0.25, 0.3) is 5.69 Å².